The van der Waals surface area contributed by atoms with Gasteiger partial charge in [0.25, 0.3) is 0 Å². The van der Waals surface area contributed by atoms with Crippen molar-refractivity contribution in [2.75, 3.05) is 14.2 Å². The second-order valence-electron chi connectivity index (χ2n) is 8.20. The van der Waals surface area contributed by atoms with Gasteiger partial charge >= 0.3 is 11.9 Å². The van der Waals surface area contributed by atoms with E-state index in [1.165, 1.54) is 14.2 Å². The first-order valence-corrected chi connectivity index (χ1v) is 10.1. The summed E-state index contributed by atoms with van der Waals surface area (Å²) in [6.45, 7) is 4.57. The lowest BCUT2D eigenvalue weighted by Crippen LogP contribution is -2.47. The lowest BCUT2D eigenvalue weighted by molar-refractivity contribution is -0.154. The number of rotatable bonds is 6. The van der Waals surface area contributed by atoms with Crippen LogP contribution in [0.2, 0.25) is 0 Å². The Labute approximate surface area is 178 Å². The van der Waals surface area contributed by atoms with Crippen LogP contribution in [0.25, 0.3) is 0 Å². The molecule has 0 unspecified atom stereocenters. The van der Waals surface area contributed by atoms with Crippen molar-refractivity contribution in [2.45, 2.75) is 26.3 Å². The summed E-state index contributed by atoms with van der Waals surface area (Å²) in [6.07, 6.45) is 1.98. The monoisotopic (exact) mass is 407 g/mol. The van der Waals surface area contributed by atoms with E-state index in [1.54, 1.807) is 0 Å². The number of hydrogen-bond donors (Lipinski definition) is 1. The molecule has 0 spiro atoms. The zero-order chi connectivity index (χ0) is 21.7. The fourth-order valence-electron chi connectivity index (χ4n) is 4.43. The minimum atomic E-state index is -0.641. The molecule has 0 heterocycles. The van der Waals surface area contributed by atoms with Crippen molar-refractivity contribution in [3.8, 4) is 0 Å². The molecule has 1 aliphatic rings. The third-order valence-corrected chi connectivity index (χ3v) is 5.82. The highest BCUT2D eigenvalue weighted by molar-refractivity contribution is 5.82. The third-order valence-electron chi connectivity index (χ3n) is 5.82. The van der Waals surface area contributed by atoms with E-state index in [0.29, 0.717) is 6.54 Å². The Morgan fingerprint density at radius 3 is 2.03 bits per heavy atom. The first-order chi connectivity index (χ1) is 14.4. The maximum absolute atomic E-state index is 13.0. The normalized spacial score (nSPS) is 22.5. The molecule has 2 aromatic rings. The van der Waals surface area contributed by atoms with Gasteiger partial charge in [-0.3, -0.25) is 9.59 Å². The van der Waals surface area contributed by atoms with E-state index in [9.17, 15) is 9.59 Å². The minimum absolute atomic E-state index is 0.332. The van der Waals surface area contributed by atoms with Crippen LogP contribution in [0.1, 0.15) is 30.9 Å². The van der Waals surface area contributed by atoms with Crippen LogP contribution in [-0.4, -0.2) is 26.2 Å². The molecule has 0 aliphatic heterocycles. The molecule has 3 atom stereocenters. The third kappa shape index (κ3) is 4.40. The van der Waals surface area contributed by atoms with Gasteiger partial charge in [-0.15, -0.1) is 0 Å². The Morgan fingerprint density at radius 2 is 1.47 bits per heavy atom. The van der Waals surface area contributed by atoms with Crippen LogP contribution >= 0.6 is 0 Å². The van der Waals surface area contributed by atoms with Crippen molar-refractivity contribution in [1.29, 1.82) is 0 Å². The van der Waals surface area contributed by atoms with Gasteiger partial charge in [0.05, 0.1) is 20.1 Å². The molecule has 1 N–H and O–H groups in total. The van der Waals surface area contributed by atoms with Gasteiger partial charge in [-0.1, -0.05) is 80.6 Å². The number of benzene rings is 2. The average molecular weight is 408 g/mol. The summed E-state index contributed by atoms with van der Waals surface area (Å²) in [7, 11) is 2.77. The highest BCUT2D eigenvalue weighted by atomic mass is 16.5. The number of hydrogen-bond acceptors (Lipinski definition) is 5. The Balaban J connectivity index is 2.09. The van der Waals surface area contributed by atoms with E-state index in [4.69, 9.17) is 9.47 Å². The maximum atomic E-state index is 13.0. The predicted octanol–water partition coefficient (Wildman–Crippen LogP) is 4.06. The quantitative estimate of drug-likeness (QED) is 0.732. The molecule has 0 fully saturated rings. The molecule has 5 heteroatoms. The molecule has 0 aromatic heterocycles. The molecule has 5 nitrogen and oxygen atoms in total. The van der Waals surface area contributed by atoms with Gasteiger partial charge in [0, 0.05) is 18.2 Å². The van der Waals surface area contributed by atoms with E-state index in [0.717, 1.165) is 16.8 Å². The molecule has 158 valence electrons. The zero-order valence-electron chi connectivity index (χ0n) is 17.9. The molecular weight excluding hydrogens is 378 g/mol. The molecule has 2 aromatic carbocycles. The van der Waals surface area contributed by atoms with Crippen LogP contribution in [0.3, 0.4) is 0 Å². The van der Waals surface area contributed by atoms with Gasteiger partial charge < -0.3 is 14.8 Å². The molecular formula is C25H29NO4. The molecule has 3 rings (SSSR count). The SMILES string of the molecule is COC(=O)[C@@H]1C(NCc2ccccc2)=CC(C)(C)[C@@H](C(=O)OC)[C@@H]1c1ccccc1. The smallest absolute Gasteiger partial charge is 0.315 e. The fraction of sp³-hybridized carbons (Fsp3) is 0.360. The number of methoxy groups -OCH3 is 2. The summed E-state index contributed by atoms with van der Waals surface area (Å²) in [4.78, 5) is 25.9. The second kappa shape index (κ2) is 9.16. The van der Waals surface area contributed by atoms with E-state index in [1.807, 2.05) is 80.6 Å². The van der Waals surface area contributed by atoms with Crippen LogP contribution in [0.15, 0.2) is 72.4 Å². The van der Waals surface area contributed by atoms with E-state index in [-0.39, 0.29) is 11.9 Å². The predicted molar refractivity (Wildman–Crippen MR) is 115 cm³/mol. The van der Waals surface area contributed by atoms with E-state index in [2.05, 4.69) is 5.32 Å². The van der Waals surface area contributed by atoms with Gasteiger partial charge in [0.1, 0.15) is 5.92 Å². The molecule has 30 heavy (non-hydrogen) atoms. The molecule has 0 saturated heterocycles. The molecule has 1 aliphatic carbocycles. The number of ether oxygens (including phenoxy) is 2. The first kappa shape index (κ1) is 21.6. The average Bonchev–Trinajstić information content (AvgIpc) is 2.77. The summed E-state index contributed by atoms with van der Waals surface area (Å²) in [5.74, 6) is -2.29. The second-order valence-corrected chi connectivity index (χ2v) is 8.20. The van der Waals surface area contributed by atoms with Gasteiger partial charge in [-0.25, -0.2) is 0 Å². The van der Waals surface area contributed by atoms with E-state index < -0.39 is 23.2 Å². The van der Waals surface area contributed by atoms with Gasteiger partial charge in [-0.2, -0.15) is 0 Å². The highest BCUT2D eigenvalue weighted by Gasteiger charge is 2.52. The van der Waals surface area contributed by atoms with Crippen molar-refractivity contribution >= 4 is 11.9 Å². The number of carbonyl (C=O) groups excluding carboxylic acids is 2. The zero-order valence-corrected chi connectivity index (χ0v) is 17.9. The van der Waals surface area contributed by atoms with Crippen molar-refractivity contribution in [1.82, 2.24) is 5.32 Å². The van der Waals surface area contributed by atoms with Crippen molar-refractivity contribution < 1.29 is 19.1 Å². The number of nitrogens with one attached hydrogen (secondary N) is 1. The molecule has 0 bridgehead atoms. The summed E-state index contributed by atoms with van der Waals surface area (Å²) >= 11 is 0. The summed E-state index contributed by atoms with van der Waals surface area (Å²) in [6, 6.07) is 19.6. The van der Waals surface area contributed by atoms with Crippen LogP contribution in [0, 0.1) is 17.3 Å². The number of carbonyl (C=O) groups is 2. The van der Waals surface area contributed by atoms with Crippen LogP contribution in [0.5, 0.6) is 0 Å². The van der Waals surface area contributed by atoms with Crippen molar-refractivity contribution in [3.63, 3.8) is 0 Å². The Morgan fingerprint density at radius 1 is 0.900 bits per heavy atom. The Kier molecular flexibility index (Phi) is 6.60. The molecule has 0 radical (unpaired) electrons. The number of esters is 2. The van der Waals surface area contributed by atoms with Crippen molar-refractivity contribution in [3.05, 3.63) is 83.6 Å². The van der Waals surface area contributed by atoms with Gasteiger partial charge in [0.2, 0.25) is 0 Å². The number of allylic oxidation sites excluding steroid dienone is 1. The van der Waals surface area contributed by atoms with Crippen LogP contribution in [-0.2, 0) is 25.6 Å². The molecule has 0 saturated carbocycles. The highest BCUT2D eigenvalue weighted by Crippen LogP contribution is 2.50. The standard InChI is InChI=1S/C25H29NO4/c1-25(2)15-19(26-16-17-11-7-5-8-12-17)21(23(27)29-3)20(22(25)24(28)30-4)18-13-9-6-10-14-18/h5-15,20-22,26H,16H2,1-4H3/t20-,21-,22-/m1/s1. The topological polar surface area (TPSA) is 64.6 Å². The summed E-state index contributed by atoms with van der Waals surface area (Å²) in [5.41, 5.74) is 2.25. The summed E-state index contributed by atoms with van der Waals surface area (Å²) < 4.78 is 10.3. The maximum Gasteiger partial charge on any atom is 0.315 e. The lowest BCUT2D eigenvalue weighted by atomic mass is 9.60. The van der Waals surface area contributed by atoms with Gasteiger partial charge in [0.15, 0.2) is 0 Å². The Bertz CT molecular complexity index is 905. The van der Waals surface area contributed by atoms with Crippen LogP contribution < -0.4 is 5.32 Å². The lowest BCUT2D eigenvalue weighted by Gasteiger charge is -2.44. The minimum Gasteiger partial charge on any atom is -0.469 e. The van der Waals surface area contributed by atoms with Crippen molar-refractivity contribution in [2.24, 2.45) is 17.3 Å². The summed E-state index contributed by atoms with van der Waals surface area (Å²) in [5, 5.41) is 3.44. The first-order valence-electron chi connectivity index (χ1n) is 10.1. The van der Waals surface area contributed by atoms with Crippen LogP contribution in [0.4, 0.5) is 0 Å². The fourth-order valence-corrected chi connectivity index (χ4v) is 4.43. The van der Waals surface area contributed by atoms with Gasteiger partial charge in [-0.05, 0) is 16.5 Å². The molecule has 0 amide bonds. The largest absolute Gasteiger partial charge is 0.469 e. The van der Waals surface area contributed by atoms with E-state index >= 15 is 0 Å². The Hall–Kier alpha value is -3.08.